The Morgan fingerprint density at radius 2 is 1.26 bits per heavy atom. The number of nitrogens with two attached hydrogens (primary N) is 3. The highest BCUT2D eigenvalue weighted by Crippen LogP contribution is 2.29. The third kappa shape index (κ3) is 2.91. The first-order chi connectivity index (χ1) is 10.9. The summed E-state index contributed by atoms with van der Waals surface area (Å²) in [6.07, 6.45) is 0.300. The molecular formula is C17H16N4O2. The molecule has 23 heavy (non-hydrogen) atoms. The highest BCUT2D eigenvalue weighted by molar-refractivity contribution is 6.06. The van der Waals surface area contributed by atoms with Gasteiger partial charge in [0.1, 0.15) is 0 Å². The minimum Gasteiger partial charge on any atom is -0.398 e. The van der Waals surface area contributed by atoms with Crippen LogP contribution in [0, 0.1) is 0 Å². The van der Waals surface area contributed by atoms with E-state index in [9.17, 15) is 9.59 Å². The lowest BCUT2D eigenvalue weighted by molar-refractivity contribution is -0.118. The maximum Gasteiger partial charge on any atom is 0.221 e. The second-order valence-corrected chi connectivity index (χ2v) is 5.51. The summed E-state index contributed by atoms with van der Waals surface area (Å²) < 4.78 is 0. The molecule has 0 aliphatic carbocycles. The quantitative estimate of drug-likeness (QED) is 0.622. The number of carbonyl (C=O) groups excluding carboxylic acids is 2. The van der Waals surface area contributed by atoms with Crippen molar-refractivity contribution in [2.75, 3.05) is 5.73 Å². The Balaban J connectivity index is 2.18. The van der Waals surface area contributed by atoms with E-state index < -0.39 is 11.8 Å². The van der Waals surface area contributed by atoms with Gasteiger partial charge in [0.2, 0.25) is 11.8 Å². The summed E-state index contributed by atoms with van der Waals surface area (Å²) >= 11 is 0. The Morgan fingerprint density at radius 1 is 0.826 bits per heavy atom. The van der Waals surface area contributed by atoms with Crippen molar-refractivity contribution in [3.05, 3.63) is 47.5 Å². The topological polar surface area (TPSA) is 125 Å². The number of pyridine rings is 1. The van der Waals surface area contributed by atoms with Gasteiger partial charge < -0.3 is 17.2 Å². The van der Waals surface area contributed by atoms with Crippen LogP contribution in [0.3, 0.4) is 0 Å². The van der Waals surface area contributed by atoms with Crippen molar-refractivity contribution in [1.29, 1.82) is 0 Å². The predicted molar refractivity (Wildman–Crippen MR) is 89.5 cm³/mol. The molecule has 0 fully saturated rings. The van der Waals surface area contributed by atoms with Crippen LogP contribution in [-0.2, 0) is 22.4 Å². The summed E-state index contributed by atoms with van der Waals surface area (Å²) in [5.41, 5.74) is 20.2. The fourth-order valence-electron chi connectivity index (χ4n) is 2.69. The molecule has 6 heteroatoms. The van der Waals surface area contributed by atoms with E-state index in [1.54, 1.807) is 12.1 Å². The molecule has 1 aromatic heterocycles. The Bertz CT molecular complexity index is 876. The van der Waals surface area contributed by atoms with Gasteiger partial charge in [-0.3, -0.25) is 9.59 Å². The summed E-state index contributed by atoms with van der Waals surface area (Å²) in [5.74, 6) is -0.802. The fourth-order valence-corrected chi connectivity index (χ4v) is 2.69. The molecular weight excluding hydrogens is 292 g/mol. The number of hydrogen-bond acceptors (Lipinski definition) is 4. The van der Waals surface area contributed by atoms with Crippen molar-refractivity contribution in [2.45, 2.75) is 12.8 Å². The molecule has 0 aliphatic rings. The Morgan fingerprint density at radius 3 is 1.65 bits per heavy atom. The molecule has 0 spiro atoms. The van der Waals surface area contributed by atoms with Crippen molar-refractivity contribution in [3.63, 3.8) is 0 Å². The van der Waals surface area contributed by atoms with Crippen LogP contribution < -0.4 is 17.2 Å². The van der Waals surface area contributed by atoms with Gasteiger partial charge in [0.05, 0.1) is 29.6 Å². The zero-order valence-electron chi connectivity index (χ0n) is 12.4. The predicted octanol–water partition coefficient (Wildman–Crippen LogP) is 1.03. The van der Waals surface area contributed by atoms with E-state index in [0.717, 1.165) is 21.9 Å². The molecule has 6 N–H and O–H groups in total. The molecule has 0 atom stereocenters. The second-order valence-electron chi connectivity index (χ2n) is 5.51. The maximum absolute atomic E-state index is 11.1. The summed E-state index contributed by atoms with van der Waals surface area (Å²) in [6.45, 7) is 0. The first-order valence-corrected chi connectivity index (χ1v) is 7.11. The Hall–Kier alpha value is -3.15. The molecule has 0 saturated carbocycles. The summed E-state index contributed by atoms with van der Waals surface area (Å²) in [4.78, 5) is 26.7. The van der Waals surface area contributed by atoms with E-state index in [0.29, 0.717) is 16.7 Å². The van der Waals surface area contributed by atoms with Crippen LogP contribution in [0.5, 0.6) is 0 Å². The largest absolute Gasteiger partial charge is 0.398 e. The minimum absolute atomic E-state index is 0.150. The van der Waals surface area contributed by atoms with Gasteiger partial charge in [-0.15, -0.1) is 0 Å². The zero-order chi connectivity index (χ0) is 16.6. The number of carbonyl (C=O) groups is 2. The van der Waals surface area contributed by atoms with Crippen LogP contribution in [0.25, 0.3) is 21.8 Å². The fraction of sp³-hybridized carbons (Fsp3) is 0.118. The van der Waals surface area contributed by atoms with Gasteiger partial charge >= 0.3 is 0 Å². The maximum atomic E-state index is 11.1. The lowest BCUT2D eigenvalue weighted by Crippen LogP contribution is -2.13. The standard InChI is InChI=1S/C17H16N4O2/c18-15(22)7-9-1-3-11-13(5-9)21-14-6-10(8-16(19)23)2-4-12(14)17(11)20/h1-6H,7-8H2,(H2,18,22)(H2,19,23)(H2,20,21). The Kier molecular flexibility index (Phi) is 3.57. The van der Waals surface area contributed by atoms with E-state index in [-0.39, 0.29) is 12.8 Å². The summed E-state index contributed by atoms with van der Waals surface area (Å²) in [5, 5.41) is 1.63. The number of fused-ring (bicyclic) bond motifs is 2. The first kappa shape index (κ1) is 14.8. The number of anilines is 1. The van der Waals surface area contributed by atoms with Crippen molar-refractivity contribution in [2.24, 2.45) is 11.5 Å². The van der Waals surface area contributed by atoms with Crippen molar-refractivity contribution >= 4 is 39.3 Å². The van der Waals surface area contributed by atoms with Crippen LogP contribution in [0.1, 0.15) is 11.1 Å². The van der Waals surface area contributed by atoms with Crippen LogP contribution in [0.2, 0.25) is 0 Å². The van der Waals surface area contributed by atoms with Gasteiger partial charge in [-0.25, -0.2) is 4.98 Å². The third-order valence-electron chi connectivity index (χ3n) is 3.70. The number of hydrogen-bond donors (Lipinski definition) is 3. The zero-order valence-corrected chi connectivity index (χ0v) is 12.4. The van der Waals surface area contributed by atoms with Crippen molar-refractivity contribution in [3.8, 4) is 0 Å². The highest BCUT2D eigenvalue weighted by atomic mass is 16.1. The van der Waals surface area contributed by atoms with Crippen LogP contribution in [0.15, 0.2) is 36.4 Å². The lowest BCUT2D eigenvalue weighted by Gasteiger charge is -2.09. The van der Waals surface area contributed by atoms with E-state index in [1.807, 2.05) is 24.3 Å². The van der Waals surface area contributed by atoms with E-state index in [1.165, 1.54) is 0 Å². The average Bonchev–Trinajstić information content (AvgIpc) is 2.45. The number of benzene rings is 2. The van der Waals surface area contributed by atoms with Crippen LogP contribution >= 0.6 is 0 Å². The molecule has 3 rings (SSSR count). The SMILES string of the molecule is NC(=O)Cc1ccc2c(N)c3ccc(CC(N)=O)cc3nc2c1. The average molecular weight is 308 g/mol. The molecule has 3 aromatic rings. The van der Waals surface area contributed by atoms with E-state index in [4.69, 9.17) is 17.2 Å². The summed E-state index contributed by atoms with van der Waals surface area (Å²) in [7, 11) is 0. The van der Waals surface area contributed by atoms with E-state index >= 15 is 0 Å². The molecule has 0 saturated heterocycles. The normalized spacial score (nSPS) is 11.0. The first-order valence-electron chi connectivity index (χ1n) is 7.11. The number of rotatable bonds is 4. The van der Waals surface area contributed by atoms with E-state index in [2.05, 4.69) is 4.98 Å². The van der Waals surface area contributed by atoms with Gasteiger partial charge in [0.15, 0.2) is 0 Å². The molecule has 0 aliphatic heterocycles. The number of amides is 2. The molecule has 0 radical (unpaired) electrons. The highest BCUT2D eigenvalue weighted by Gasteiger charge is 2.09. The van der Waals surface area contributed by atoms with Gasteiger partial charge in [-0.05, 0) is 23.3 Å². The number of primary amides is 2. The molecule has 2 aromatic carbocycles. The van der Waals surface area contributed by atoms with Gasteiger partial charge in [0, 0.05) is 10.8 Å². The van der Waals surface area contributed by atoms with Crippen LogP contribution in [-0.4, -0.2) is 16.8 Å². The van der Waals surface area contributed by atoms with Crippen LogP contribution in [0.4, 0.5) is 5.69 Å². The molecule has 0 unspecified atom stereocenters. The number of nitrogens with zero attached hydrogens (tertiary/aromatic N) is 1. The molecule has 1 heterocycles. The van der Waals surface area contributed by atoms with Gasteiger partial charge in [-0.2, -0.15) is 0 Å². The Labute approximate surface area is 132 Å². The molecule has 6 nitrogen and oxygen atoms in total. The monoisotopic (exact) mass is 308 g/mol. The second kappa shape index (κ2) is 5.57. The van der Waals surface area contributed by atoms with Crippen molar-refractivity contribution < 1.29 is 9.59 Å². The molecule has 116 valence electrons. The van der Waals surface area contributed by atoms with Gasteiger partial charge in [0.25, 0.3) is 0 Å². The lowest BCUT2D eigenvalue weighted by atomic mass is 10.0. The molecule has 0 bridgehead atoms. The smallest absolute Gasteiger partial charge is 0.221 e. The minimum atomic E-state index is -0.401. The third-order valence-corrected chi connectivity index (χ3v) is 3.70. The van der Waals surface area contributed by atoms with Gasteiger partial charge in [-0.1, -0.05) is 24.3 Å². The van der Waals surface area contributed by atoms with Crippen molar-refractivity contribution in [1.82, 2.24) is 4.98 Å². The number of nitrogen functional groups attached to an aromatic ring is 1. The summed E-state index contributed by atoms with van der Waals surface area (Å²) in [6, 6.07) is 10.9. The molecule has 2 amide bonds. The number of aromatic nitrogens is 1.